The van der Waals surface area contributed by atoms with Gasteiger partial charge in [0.05, 0.1) is 18.2 Å². The van der Waals surface area contributed by atoms with E-state index in [1.54, 1.807) is 0 Å². The number of aromatic nitrogens is 2. The van der Waals surface area contributed by atoms with Gasteiger partial charge in [0.25, 0.3) is 5.91 Å². The molecular weight excluding hydrogens is 392 g/mol. The van der Waals surface area contributed by atoms with Crippen LogP contribution < -0.4 is 4.74 Å². The summed E-state index contributed by atoms with van der Waals surface area (Å²) >= 11 is 0. The van der Waals surface area contributed by atoms with Crippen molar-refractivity contribution in [1.29, 1.82) is 0 Å². The molecule has 2 aliphatic heterocycles. The fourth-order valence-electron chi connectivity index (χ4n) is 5.40. The Morgan fingerprint density at radius 3 is 2.74 bits per heavy atom. The molecule has 3 heterocycles. The second-order valence-electron chi connectivity index (χ2n) is 9.48. The lowest BCUT2D eigenvalue weighted by Gasteiger charge is -2.39. The second kappa shape index (κ2) is 8.26. The Morgan fingerprint density at radius 1 is 1.26 bits per heavy atom. The third-order valence-electron chi connectivity index (χ3n) is 7.48. The molecule has 1 spiro atoms. The largest absolute Gasteiger partial charge is 0.493 e. The molecule has 1 aromatic heterocycles. The van der Waals surface area contributed by atoms with Crippen LogP contribution in [0.25, 0.3) is 0 Å². The molecule has 3 fully saturated rings. The minimum absolute atomic E-state index is 0.0742. The molecular formula is C24H32N4O3. The number of hydrogen-bond acceptors (Lipinski definition) is 6. The molecule has 166 valence electrons. The van der Waals surface area contributed by atoms with Crippen molar-refractivity contribution in [2.75, 3.05) is 33.3 Å². The first-order valence-corrected chi connectivity index (χ1v) is 11.6. The number of rotatable bonds is 5. The standard InChI is InChI=1S/C24H32N4O3/c1-3-30-20-10-5-4-9-18(20)23(29)28-13-11-24(12-14-28)15-19(27(2)16-24)21-25-22(31-26-21)17-7-6-8-17/h4-5,9-10,17,19H,3,6-8,11-16H2,1-2H3. The van der Waals surface area contributed by atoms with Crippen LogP contribution in [-0.4, -0.2) is 59.1 Å². The van der Waals surface area contributed by atoms with Gasteiger partial charge in [-0.05, 0) is 63.6 Å². The van der Waals surface area contributed by atoms with E-state index in [9.17, 15) is 4.79 Å². The summed E-state index contributed by atoms with van der Waals surface area (Å²) in [5.74, 6) is 2.88. The summed E-state index contributed by atoms with van der Waals surface area (Å²) < 4.78 is 11.3. The summed E-state index contributed by atoms with van der Waals surface area (Å²) in [6.07, 6.45) is 6.64. The van der Waals surface area contributed by atoms with Gasteiger partial charge in [0.2, 0.25) is 5.89 Å². The summed E-state index contributed by atoms with van der Waals surface area (Å²) in [6.45, 7) is 5.07. The van der Waals surface area contributed by atoms with Crippen molar-refractivity contribution in [2.45, 2.75) is 57.4 Å². The molecule has 31 heavy (non-hydrogen) atoms. The molecule has 3 aliphatic rings. The molecule has 5 rings (SSSR count). The molecule has 7 heteroatoms. The van der Waals surface area contributed by atoms with Crippen molar-refractivity contribution >= 4 is 5.91 Å². The zero-order valence-electron chi connectivity index (χ0n) is 18.5. The molecule has 2 saturated heterocycles. The monoisotopic (exact) mass is 424 g/mol. The number of benzene rings is 1. The Kier molecular flexibility index (Phi) is 5.46. The summed E-state index contributed by atoms with van der Waals surface area (Å²) in [5.41, 5.74) is 0.879. The van der Waals surface area contributed by atoms with Crippen LogP contribution in [0.5, 0.6) is 5.75 Å². The summed E-state index contributed by atoms with van der Waals surface area (Å²) in [6, 6.07) is 7.77. The quantitative estimate of drug-likeness (QED) is 0.722. The topological polar surface area (TPSA) is 71.7 Å². The van der Waals surface area contributed by atoms with Crippen molar-refractivity contribution in [3.05, 3.63) is 41.5 Å². The van der Waals surface area contributed by atoms with Crippen LogP contribution in [-0.2, 0) is 0 Å². The molecule has 0 bridgehead atoms. The molecule has 1 aliphatic carbocycles. The van der Waals surface area contributed by atoms with Gasteiger partial charge in [-0.2, -0.15) is 4.98 Å². The minimum atomic E-state index is 0.0742. The van der Waals surface area contributed by atoms with E-state index in [1.807, 2.05) is 36.1 Å². The lowest BCUT2D eigenvalue weighted by molar-refractivity contribution is 0.0589. The molecule has 1 atom stereocenters. The van der Waals surface area contributed by atoms with Crippen molar-refractivity contribution in [3.8, 4) is 5.75 Å². The highest BCUT2D eigenvalue weighted by Gasteiger charge is 2.47. The number of hydrogen-bond donors (Lipinski definition) is 0. The highest BCUT2D eigenvalue weighted by Crippen LogP contribution is 2.48. The first-order valence-electron chi connectivity index (χ1n) is 11.6. The van der Waals surface area contributed by atoms with Crippen molar-refractivity contribution < 1.29 is 14.1 Å². The molecule has 2 aromatic rings. The predicted molar refractivity (Wildman–Crippen MR) is 116 cm³/mol. The van der Waals surface area contributed by atoms with Crippen LogP contribution in [0.4, 0.5) is 0 Å². The van der Waals surface area contributed by atoms with Crippen molar-refractivity contribution in [1.82, 2.24) is 19.9 Å². The zero-order valence-corrected chi connectivity index (χ0v) is 18.5. The number of piperidine rings is 1. The van der Waals surface area contributed by atoms with Crippen LogP contribution in [0.1, 0.15) is 79.5 Å². The smallest absolute Gasteiger partial charge is 0.257 e. The van der Waals surface area contributed by atoms with Gasteiger partial charge in [-0.1, -0.05) is 23.7 Å². The number of amides is 1. The van der Waals surface area contributed by atoms with E-state index in [0.29, 0.717) is 23.8 Å². The lowest BCUT2D eigenvalue weighted by atomic mass is 9.76. The van der Waals surface area contributed by atoms with E-state index < -0.39 is 0 Å². The summed E-state index contributed by atoms with van der Waals surface area (Å²) in [5, 5.41) is 4.33. The van der Waals surface area contributed by atoms with Gasteiger partial charge in [-0.3, -0.25) is 9.69 Å². The van der Waals surface area contributed by atoms with Crippen LogP contribution >= 0.6 is 0 Å². The van der Waals surface area contributed by atoms with E-state index in [2.05, 4.69) is 17.1 Å². The van der Waals surface area contributed by atoms with Gasteiger partial charge in [-0.15, -0.1) is 0 Å². The average Bonchev–Trinajstić information content (AvgIpc) is 3.32. The van der Waals surface area contributed by atoms with Gasteiger partial charge in [0.1, 0.15) is 5.75 Å². The van der Waals surface area contributed by atoms with E-state index in [-0.39, 0.29) is 17.4 Å². The maximum absolute atomic E-state index is 13.2. The van der Waals surface area contributed by atoms with E-state index in [1.165, 1.54) is 19.3 Å². The fourth-order valence-corrected chi connectivity index (χ4v) is 5.40. The second-order valence-corrected chi connectivity index (χ2v) is 9.48. The number of nitrogens with zero attached hydrogens (tertiary/aromatic N) is 4. The number of likely N-dealkylation sites (tertiary alicyclic amines) is 2. The Morgan fingerprint density at radius 2 is 2.03 bits per heavy atom. The molecule has 1 aromatic carbocycles. The zero-order chi connectivity index (χ0) is 21.4. The number of carbonyl (C=O) groups excluding carboxylic acids is 1. The summed E-state index contributed by atoms with van der Waals surface area (Å²) in [7, 11) is 2.16. The molecule has 1 unspecified atom stereocenters. The molecule has 1 amide bonds. The summed E-state index contributed by atoms with van der Waals surface area (Å²) in [4.78, 5) is 22.3. The third kappa shape index (κ3) is 3.84. The Labute approximate surface area is 183 Å². The number of ether oxygens (including phenoxy) is 1. The fraction of sp³-hybridized carbons (Fsp3) is 0.625. The van der Waals surface area contributed by atoms with Crippen LogP contribution in [0.15, 0.2) is 28.8 Å². The molecule has 1 saturated carbocycles. The maximum atomic E-state index is 13.2. The third-order valence-corrected chi connectivity index (χ3v) is 7.48. The van der Waals surface area contributed by atoms with Crippen molar-refractivity contribution in [3.63, 3.8) is 0 Å². The van der Waals surface area contributed by atoms with Crippen LogP contribution in [0.3, 0.4) is 0 Å². The van der Waals surface area contributed by atoms with Gasteiger partial charge in [0, 0.05) is 25.6 Å². The van der Waals surface area contributed by atoms with E-state index in [4.69, 9.17) is 14.2 Å². The predicted octanol–water partition coefficient (Wildman–Crippen LogP) is 4.04. The van der Waals surface area contributed by atoms with Gasteiger partial charge in [0.15, 0.2) is 5.82 Å². The Bertz CT molecular complexity index is 930. The first-order chi connectivity index (χ1) is 15.1. The Hall–Kier alpha value is -2.41. The van der Waals surface area contributed by atoms with Gasteiger partial charge >= 0.3 is 0 Å². The van der Waals surface area contributed by atoms with E-state index in [0.717, 1.165) is 50.6 Å². The number of carbonyl (C=O) groups is 1. The highest BCUT2D eigenvalue weighted by molar-refractivity contribution is 5.97. The molecule has 0 radical (unpaired) electrons. The average molecular weight is 425 g/mol. The highest BCUT2D eigenvalue weighted by atomic mass is 16.5. The van der Waals surface area contributed by atoms with Gasteiger partial charge in [-0.25, -0.2) is 0 Å². The Balaban J connectivity index is 1.24. The first kappa shape index (κ1) is 20.5. The molecule has 7 nitrogen and oxygen atoms in total. The maximum Gasteiger partial charge on any atom is 0.257 e. The molecule has 0 N–H and O–H groups in total. The lowest BCUT2D eigenvalue weighted by Crippen LogP contribution is -2.44. The number of para-hydroxylation sites is 1. The SMILES string of the molecule is CCOc1ccccc1C(=O)N1CCC2(CC1)CC(c1noc(C3CCC3)n1)N(C)C2. The normalized spacial score (nSPS) is 23.8. The van der Waals surface area contributed by atoms with Crippen LogP contribution in [0, 0.1) is 5.41 Å². The van der Waals surface area contributed by atoms with Crippen molar-refractivity contribution in [2.24, 2.45) is 5.41 Å². The minimum Gasteiger partial charge on any atom is -0.493 e. The van der Waals surface area contributed by atoms with Gasteiger partial charge < -0.3 is 14.2 Å². The van der Waals surface area contributed by atoms with E-state index >= 15 is 0 Å². The van der Waals surface area contributed by atoms with Crippen LogP contribution in [0.2, 0.25) is 0 Å².